The second kappa shape index (κ2) is 3.70. The van der Waals surface area contributed by atoms with Crippen molar-refractivity contribution in [2.24, 2.45) is 4.99 Å². The fraction of sp³-hybridized carbons (Fsp3) is 0.714. The van der Waals surface area contributed by atoms with Gasteiger partial charge in [-0.2, -0.15) is 16.8 Å². The molecule has 0 spiro atoms. The molecule has 0 N–H and O–H groups in total. The van der Waals surface area contributed by atoms with Gasteiger partial charge in [-0.05, 0) is 0 Å². The Hall–Kier alpha value is -0.160. The van der Waals surface area contributed by atoms with E-state index in [1.807, 2.05) is 11.8 Å². The van der Waals surface area contributed by atoms with Crippen molar-refractivity contribution in [1.29, 1.82) is 0 Å². The van der Waals surface area contributed by atoms with Crippen molar-refractivity contribution in [1.82, 2.24) is 4.90 Å². The summed E-state index contributed by atoms with van der Waals surface area (Å²) in [5, 5.41) is 0.945. The molecule has 1 saturated heterocycles. The molecule has 2 heterocycles. The predicted molar refractivity (Wildman–Crippen MR) is 53.8 cm³/mol. The van der Waals surface area contributed by atoms with E-state index in [9.17, 15) is 4.79 Å². The number of rotatable bonds is 0. The second-order valence-corrected chi connectivity index (χ2v) is 4.84. The summed E-state index contributed by atoms with van der Waals surface area (Å²) in [6.07, 6.45) is 0. The lowest BCUT2D eigenvalue weighted by Gasteiger charge is -2.26. The molecule has 2 rings (SSSR count). The lowest BCUT2D eigenvalue weighted by Crippen LogP contribution is -2.35. The Balaban J connectivity index is 1.99. The molecule has 0 radical (unpaired) electrons. The van der Waals surface area contributed by atoms with Crippen LogP contribution in [-0.4, -0.2) is 46.3 Å². The van der Waals surface area contributed by atoms with Crippen LogP contribution in [0.4, 0.5) is 0 Å². The first-order chi connectivity index (χ1) is 5.86. The zero-order valence-corrected chi connectivity index (χ0v) is 8.29. The van der Waals surface area contributed by atoms with Gasteiger partial charge in [-0.25, -0.2) is 0 Å². The van der Waals surface area contributed by atoms with Gasteiger partial charge in [-0.3, -0.25) is 4.79 Å². The number of hydrogen-bond donors (Lipinski definition) is 0. The molecule has 2 aliphatic heterocycles. The average molecular weight is 202 g/mol. The number of carbonyl (C=O) groups excluding carboxylic acids is 1. The Bertz CT molecular complexity index is 223. The van der Waals surface area contributed by atoms with Gasteiger partial charge in [0.15, 0.2) is 5.17 Å². The third-order valence-electron chi connectivity index (χ3n) is 1.83. The van der Waals surface area contributed by atoms with Crippen LogP contribution in [0.15, 0.2) is 4.99 Å². The number of amides is 1. The maximum absolute atomic E-state index is 10.9. The summed E-state index contributed by atoms with van der Waals surface area (Å²) < 4.78 is 0. The molecule has 2 aliphatic rings. The second-order valence-electron chi connectivity index (χ2n) is 2.68. The predicted octanol–water partition coefficient (Wildman–Crippen LogP) is 0.665. The third kappa shape index (κ3) is 1.77. The van der Waals surface area contributed by atoms with E-state index in [0.29, 0.717) is 5.75 Å². The Morgan fingerprint density at radius 3 is 2.67 bits per heavy atom. The van der Waals surface area contributed by atoms with Gasteiger partial charge < -0.3 is 4.90 Å². The van der Waals surface area contributed by atoms with Gasteiger partial charge in [-0.1, -0.05) is 11.8 Å². The molecule has 0 aromatic rings. The Morgan fingerprint density at radius 2 is 2.08 bits per heavy atom. The van der Waals surface area contributed by atoms with Crippen LogP contribution in [-0.2, 0) is 4.79 Å². The minimum absolute atomic E-state index is 0.0215. The fourth-order valence-corrected chi connectivity index (χ4v) is 2.97. The Kier molecular flexibility index (Phi) is 2.60. The lowest BCUT2D eigenvalue weighted by molar-refractivity contribution is -0.115. The van der Waals surface area contributed by atoms with E-state index in [1.165, 1.54) is 0 Å². The van der Waals surface area contributed by atoms with Gasteiger partial charge in [0.1, 0.15) is 0 Å². The maximum atomic E-state index is 10.9. The first kappa shape index (κ1) is 8.44. The van der Waals surface area contributed by atoms with Crippen LogP contribution in [0.5, 0.6) is 0 Å². The van der Waals surface area contributed by atoms with Crippen molar-refractivity contribution in [2.45, 2.75) is 0 Å². The molecule has 0 atom stereocenters. The molecule has 3 nitrogen and oxygen atoms in total. The molecule has 1 fully saturated rings. The third-order valence-corrected chi connectivity index (χ3v) is 3.77. The molecule has 1 amide bonds. The van der Waals surface area contributed by atoms with Gasteiger partial charge in [0, 0.05) is 24.6 Å². The normalized spacial score (nSPS) is 24.5. The fourth-order valence-electron chi connectivity index (χ4n) is 1.21. The zero-order valence-electron chi connectivity index (χ0n) is 6.65. The van der Waals surface area contributed by atoms with Crippen molar-refractivity contribution in [3.05, 3.63) is 0 Å². The van der Waals surface area contributed by atoms with E-state index in [2.05, 4.69) is 9.89 Å². The maximum Gasteiger partial charge on any atom is 0.258 e. The first-order valence-electron chi connectivity index (χ1n) is 3.93. The highest BCUT2D eigenvalue weighted by Crippen LogP contribution is 2.19. The number of hydrogen-bond acceptors (Lipinski definition) is 4. The van der Waals surface area contributed by atoms with Gasteiger partial charge in [0.25, 0.3) is 5.91 Å². The number of thioether (sulfide) groups is 2. The monoisotopic (exact) mass is 202 g/mol. The smallest absolute Gasteiger partial charge is 0.258 e. The summed E-state index contributed by atoms with van der Waals surface area (Å²) in [6, 6.07) is 0. The molecule has 0 aromatic heterocycles. The summed E-state index contributed by atoms with van der Waals surface area (Å²) in [5.41, 5.74) is 0. The topological polar surface area (TPSA) is 32.7 Å². The highest BCUT2D eigenvalue weighted by molar-refractivity contribution is 8.14. The molecule has 0 unspecified atom stereocenters. The highest BCUT2D eigenvalue weighted by Gasteiger charge is 2.21. The summed E-state index contributed by atoms with van der Waals surface area (Å²) in [5.74, 6) is 2.88. The zero-order chi connectivity index (χ0) is 8.39. The average Bonchev–Trinajstić information content (AvgIpc) is 2.54. The molecule has 0 saturated carbocycles. The van der Waals surface area contributed by atoms with E-state index < -0.39 is 0 Å². The van der Waals surface area contributed by atoms with E-state index >= 15 is 0 Å². The van der Waals surface area contributed by atoms with Crippen molar-refractivity contribution in [3.63, 3.8) is 0 Å². The van der Waals surface area contributed by atoms with Crippen molar-refractivity contribution in [2.75, 3.05) is 30.3 Å². The van der Waals surface area contributed by atoms with E-state index in [0.717, 1.165) is 29.8 Å². The molecule has 0 bridgehead atoms. The molecule has 12 heavy (non-hydrogen) atoms. The molecule has 66 valence electrons. The Morgan fingerprint density at radius 1 is 1.33 bits per heavy atom. The lowest BCUT2D eigenvalue weighted by atomic mass is 10.5. The van der Waals surface area contributed by atoms with E-state index in [4.69, 9.17) is 0 Å². The quantitative estimate of drug-likeness (QED) is 0.578. The molecule has 0 aliphatic carbocycles. The van der Waals surface area contributed by atoms with Crippen LogP contribution >= 0.6 is 23.5 Å². The van der Waals surface area contributed by atoms with Crippen LogP contribution in [0.25, 0.3) is 0 Å². The van der Waals surface area contributed by atoms with Gasteiger partial charge in [-0.15, -0.1) is 0 Å². The SMILES string of the molecule is O=C1CSC(N2CCSCC2)=N1. The number of nitrogens with zero attached hydrogens (tertiary/aromatic N) is 2. The summed E-state index contributed by atoms with van der Waals surface area (Å²) in [7, 11) is 0. The van der Waals surface area contributed by atoms with Crippen LogP contribution in [0.1, 0.15) is 0 Å². The van der Waals surface area contributed by atoms with Crippen molar-refractivity contribution < 1.29 is 4.79 Å². The van der Waals surface area contributed by atoms with Crippen LogP contribution in [0.2, 0.25) is 0 Å². The highest BCUT2D eigenvalue weighted by atomic mass is 32.2. The molecular weight excluding hydrogens is 192 g/mol. The first-order valence-corrected chi connectivity index (χ1v) is 6.07. The van der Waals surface area contributed by atoms with Crippen molar-refractivity contribution in [3.8, 4) is 0 Å². The van der Waals surface area contributed by atoms with Gasteiger partial charge >= 0.3 is 0 Å². The molecular formula is C7H10N2OS2. The summed E-state index contributed by atoms with van der Waals surface area (Å²) >= 11 is 3.54. The molecule has 5 heteroatoms. The standard InChI is InChI=1S/C7H10N2OS2/c10-6-5-12-7(8-6)9-1-3-11-4-2-9/h1-5H2. The van der Waals surface area contributed by atoms with E-state index in [-0.39, 0.29) is 5.91 Å². The minimum atomic E-state index is 0.0215. The van der Waals surface area contributed by atoms with Crippen LogP contribution in [0.3, 0.4) is 0 Å². The van der Waals surface area contributed by atoms with Gasteiger partial charge in [0.05, 0.1) is 5.75 Å². The van der Waals surface area contributed by atoms with Crippen LogP contribution < -0.4 is 0 Å². The summed E-state index contributed by atoms with van der Waals surface area (Å²) in [6.45, 7) is 2.09. The minimum Gasteiger partial charge on any atom is -0.349 e. The van der Waals surface area contributed by atoms with Crippen molar-refractivity contribution >= 4 is 34.6 Å². The number of amidine groups is 1. The largest absolute Gasteiger partial charge is 0.349 e. The summed E-state index contributed by atoms with van der Waals surface area (Å²) in [4.78, 5) is 17.0. The number of aliphatic imine (C=N–C) groups is 1. The van der Waals surface area contributed by atoms with Gasteiger partial charge in [0.2, 0.25) is 0 Å². The number of carbonyl (C=O) groups is 1. The van der Waals surface area contributed by atoms with E-state index in [1.54, 1.807) is 11.8 Å². The van der Waals surface area contributed by atoms with Crippen LogP contribution in [0, 0.1) is 0 Å². The molecule has 0 aromatic carbocycles. The Labute approximate surface area is 80.0 Å².